The van der Waals surface area contributed by atoms with Gasteiger partial charge in [0.05, 0.1) is 77.8 Å². The SMILES string of the molecule is COc1ccc2c(c1)C(c1ccc(Cl)cc1)=NC(CC(=O)NCCOCCOCCOCCOCCNC(=O)c1ccc(O)c(O)c1)c1nnc(C)n1-2. The third-order valence-electron chi connectivity index (χ3n) is 8.08. The van der Waals surface area contributed by atoms with Gasteiger partial charge in [-0.25, -0.2) is 0 Å². The molecule has 0 fully saturated rings. The Bertz CT molecular complexity index is 1870. The highest BCUT2D eigenvalue weighted by Gasteiger charge is 2.30. The Morgan fingerprint density at radius 3 is 2.08 bits per heavy atom. The Morgan fingerprint density at radius 2 is 1.43 bits per heavy atom. The topological polar surface area (TPSA) is 188 Å². The highest BCUT2D eigenvalue weighted by molar-refractivity contribution is 6.30. The van der Waals surface area contributed by atoms with Crippen LogP contribution in [0.5, 0.6) is 17.2 Å². The summed E-state index contributed by atoms with van der Waals surface area (Å²) in [4.78, 5) is 30.2. The summed E-state index contributed by atoms with van der Waals surface area (Å²) >= 11 is 6.19. The number of carbonyl (C=O) groups excluding carboxylic acids is 2. The lowest BCUT2D eigenvalue weighted by atomic mass is 10.00. The Morgan fingerprint density at radius 1 is 0.792 bits per heavy atom. The van der Waals surface area contributed by atoms with Gasteiger partial charge in [0.15, 0.2) is 17.3 Å². The molecule has 0 saturated heterocycles. The number of nitrogens with zero attached hydrogens (tertiary/aromatic N) is 4. The molecule has 0 saturated carbocycles. The number of phenols is 2. The normalized spacial score (nSPS) is 13.4. The van der Waals surface area contributed by atoms with Crippen LogP contribution in [-0.4, -0.2) is 116 Å². The van der Waals surface area contributed by atoms with Gasteiger partial charge in [-0.1, -0.05) is 23.7 Å². The molecule has 1 aromatic heterocycles. The van der Waals surface area contributed by atoms with Gasteiger partial charge >= 0.3 is 0 Å². The van der Waals surface area contributed by atoms with Crippen molar-refractivity contribution >= 4 is 29.1 Å². The summed E-state index contributed by atoms with van der Waals surface area (Å²) in [7, 11) is 1.61. The molecule has 4 aromatic rings. The molecule has 16 heteroatoms. The second-order valence-corrected chi connectivity index (χ2v) is 12.2. The van der Waals surface area contributed by atoms with Crippen LogP contribution in [0.3, 0.4) is 0 Å². The van der Waals surface area contributed by atoms with E-state index in [4.69, 9.17) is 40.3 Å². The number of amides is 2. The first-order valence-corrected chi connectivity index (χ1v) is 17.4. The average molecular weight is 751 g/mol. The zero-order valence-electron chi connectivity index (χ0n) is 29.5. The zero-order chi connectivity index (χ0) is 37.6. The van der Waals surface area contributed by atoms with Gasteiger partial charge in [-0.3, -0.25) is 19.1 Å². The number of aliphatic imine (C=N–C) groups is 1. The molecule has 3 aromatic carbocycles. The van der Waals surface area contributed by atoms with Crippen LogP contribution in [-0.2, 0) is 23.7 Å². The predicted molar refractivity (Wildman–Crippen MR) is 195 cm³/mol. The number of nitrogens with one attached hydrogen (secondary N) is 2. The number of halogens is 1. The minimum absolute atomic E-state index is 0.0538. The van der Waals surface area contributed by atoms with Crippen LogP contribution in [0.2, 0.25) is 5.02 Å². The van der Waals surface area contributed by atoms with Crippen molar-refractivity contribution in [1.82, 2.24) is 25.4 Å². The van der Waals surface area contributed by atoms with Crippen LogP contribution >= 0.6 is 11.6 Å². The Labute approximate surface area is 311 Å². The van der Waals surface area contributed by atoms with Gasteiger partial charge in [0.2, 0.25) is 5.91 Å². The number of methoxy groups -OCH3 is 1. The van der Waals surface area contributed by atoms with E-state index < -0.39 is 6.04 Å². The van der Waals surface area contributed by atoms with Crippen LogP contribution in [0.4, 0.5) is 0 Å². The fourth-order valence-electron chi connectivity index (χ4n) is 5.45. The highest BCUT2D eigenvalue weighted by atomic mass is 35.5. The number of fused-ring (bicyclic) bond motifs is 3. The molecule has 1 atom stereocenters. The quantitative estimate of drug-likeness (QED) is 0.0765. The first-order chi connectivity index (χ1) is 25.7. The number of hydrogen-bond donors (Lipinski definition) is 4. The lowest BCUT2D eigenvalue weighted by Gasteiger charge is -2.14. The lowest BCUT2D eigenvalue weighted by Crippen LogP contribution is -2.29. The van der Waals surface area contributed by atoms with Gasteiger partial charge in [0.1, 0.15) is 17.6 Å². The maximum Gasteiger partial charge on any atom is 0.251 e. The molecule has 2 heterocycles. The van der Waals surface area contributed by atoms with Gasteiger partial charge < -0.3 is 44.5 Å². The molecule has 1 aliphatic heterocycles. The number of phenolic OH excluding ortho intramolecular Hbond substituents is 2. The number of carbonyl (C=O) groups is 2. The number of aromatic nitrogens is 3. The fraction of sp³-hybridized carbons (Fsp3) is 0.378. The van der Waals surface area contributed by atoms with Crippen LogP contribution < -0.4 is 15.4 Å². The Kier molecular flexibility index (Phi) is 14.5. The molecule has 1 unspecified atom stereocenters. The van der Waals surface area contributed by atoms with E-state index in [1.54, 1.807) is 19.2 Å². The van der Waals surface area contributed by atoms with E-state index in [1.165, 1.54) is 18.2 Å². The molecule has 4 N–H and O–H groups in total. The number of hydrogen-bond acceptors (Lipinski definition) is 12. The van der Waals surface area contributed by atoms with Gasteiger partial charge in [-0.05, 0) is 55.5 Å². The van der Waals surface area contributed by atoms with Crippen molar-refractivity contribution in [2.24, 2.45) is 4.99 Å². The maximum absolute atomic E-state index is 13.1. The van der Waals surface area contributed by atoms with E-state index in [9.17, 15) is 19.8 Å². The number of benzene rings is 3. The van der Waals surface area contributed by atoms with E-state index in [2.05, 4.69) is 20.8 Å². The lowest BCUT2D eigenvalue weighted by molar-refractivity contribution is -0.121. The molecule has 5 rings (SSSR count). The second-order valence-electron chi connectivity index (χ2n) is 11.8. The average Bonchev–Trinajstić information content (AvgIpc) is 3.48. The first kappa shape index (κ1) is 39.2. The molecular weight excluding hydrogens is 708 g/mol. The van der Waals surface area contributed by atoms with Crippen LogP contribution in [0.25, 0.3) is 5.69 Å². The summed E-state index contributed by atoms with van der Waals surface area (Å²) in [6, 6.07) is 16.4. The minimum Gasteiger partial charge on any atom is -0.504 e. The number of ether oxygens (including phenoxy) is 5. The van der Waals surface area contributed by atoms with E-state index in [0.717, 1.165) is 16.8 Å². The van der Waals surface area contributed by atoms with Crippen molar-refractivity contribution in [2.75, 3.05) is 73.1 Å². The standard InChI is InChI=1S/C37H43ClN6O9/c1-24-42-43-36-30(41-35(25-3-6-27(38)7-4-25)29-22-28(49-2)8-9-31(29)44(24)36)23-34(47)39-11-13-50-15-17-52-19-20-53-18-16-51-14-12-40-37(48)26-5-10-32(45)33(46)21-26/h3-10,21-22,30,45-46H,11-20,23H2,1-2H3,(H,39,47)(H,40,48). The van der Waals surface area contributed by atoms with E-state index in [1.807, 2.05) is 41.8 Å². The highest BCUT2D eigenvalue weighted by Crippen LogP contribution is 2.34. The molecule has 53 heavy (non-hydrogen) atoms. The number of aryl methyl sites for hydroxylation is 1. The summed E-state index contributed by atoms with van der Waals surface area (Å²) in [5.41, 5.74) is 3.42. The summed E-state index contributed by atoms with van der Waals surface area (Å²) in [6.45, 7) is 5.28. The van der Waals surface area contributed by atoms with Crippen molar-refractivity contribution < 1.29 is 43.5 Å². The Balaban J connectivity index is 0.962. The van der Waals surface area contributed by atoms with Crippen molar-refractivity contribution in [3.05, 3.63) is 94.0 Å². The molecule has 2 amide bonds. The third-order valence-corrected chi connectivity index (χ3v) is 8.34. The van der Waals surface area contributed by atoms with E-state index >= 15 is 0 Å². The summed E-state index contributed by atoms with van der Waals surface area (Å²) in [6.07, 6.45) is 0.0538. The number of rotatable bonds is 20. The summed E-state index contributed by atoms with van der Waals surface area (Å²) in [5, 5.41) is 33.7. The molecule has 1 aliphatic rings. The van der Waals surface area contributed by atoms with Crippen molar-refractivity contribution in [2.45, 2.75) is 19.4 Å². The van der Waals surface area contributed by atoms with E-state index in [0.29, 0.717) is 87.5 Å². The second kappa shape index (κ2) is 19.7. The van der Waals surface area contributed by atoms with E-state index in [-0.39, 0.29) is 41.8 Å². The molecule has 0 spiro atoms. The van der Waals surface area contributed by atoms with Crippen molar-refractivity contribution in [1.29, 1.82) is 0 Å². The molecule has 0 aliphatic carbocycles. The van der Waals surface area contributed by atoms with Crippen molar-refractivity contribution in [3.63, 3.8) is 0 Å². The molecular formula is C37H43ClN6O9. The largest absolute Gasteiger partial charge is 0.504 e. The third kappa shape index (κ3) is 11.0. The van der Waals surface area contributed by atoms with Crippen LogP contribution in [0, 0.1) is 6.92 Å². The molecule has 282 valence electrons. The number of aromatic hydroxyl groups is 2. The maximum atomic E-state index is 13.1. The van der Waals surface area contributed by atoms with Gasteiger partial charge in [0.25, 0.3) is 5.91 Å². The van der Waals surface area contributed by atoms with Crippen LogP contribution in [0.15, 0.2) is 65.7 Å². The fourth-order valence-corrected chi connectivity index (χ4v) is 5.58. The smallest absolute Gasteiger partial charge is 0.251 e. The molecule has 15 nitrogen and oxygen atoms in total. The Hall–Kier alpha value is -5.06. The van der Waals surface area contributed by atoms with Crippen LogP contribution in [0.1, 0.15) is 45.6 Å². The van der Waals surface area contributed by atoms with Gasteiger partial charge in [-0.15, -0.1) is 10.2 Å². The van der Waals surface area contributed by atoms with Gasteiger partial charge in [-0.2, -0.15) is 0 Å². The predicted octanol–water partition coefficient (Wildman–Crippen LogP) is 3.54. The molecule has 0 radical (unpaired) electrons. The molecule has 0 bridgehead atoms. The zero-order valence-corrected chi connectivity index (χ0v) is 30.3. The first-order valence-electron chi connectivity index (χ1n) is 17.1. The summed E-state index contributed by atoms with van der Waals surface area (Å²) in [5.74, 6) is 0.677. The summed E-state index contributed by atoms with van der Waals surface area (Å²) < 4.78 is 29.5. The monoisotopic (exact) mass is 750 g/mol. The van der Waals surface area contributed by atoms with Crippen molar-refractivity contribution in [3.8, 4) is 22.9 Å². The minimum atomic E-state index is -0.606. The van der Waals surface area contributed by atoms with Gasteiger partial charge in [0, 0.05) is 34.8 Å².